The summed E-state index contributed by atoms with van der Waals surface area (Å²) in [6.07, 6.45) is 2.03. The van der Waals surface area contributed by atoms with Gasteiger partial charge < -0.3 is 0 Å². The quantitative estimate of drug-likeness (QED) is 0.186. The molecule has 0 bridgehead atoms. The van der Waals surface area contributed by atoms with Gasteiger partial charge in [-0.2, -0.15) is 0 Å². The van der Waals surface area contributed by atoms with Crippen molar-refractivity contribution in [1.82, 2.24) is 24.3 Å². The standard InChI is InChI=1S/C46H29N5/c1-2-13-30(14-3-1)31-15-12-20-36(29-31)45-47-40-24-7-6-23-39(40)43(49-45)35-19-11-17-33(28-35)32-16-10-18-34(27-32)42-37-21-4-5-22-38(37)44-46(50-42)51-26-9-8-25-41(51)48-44/h1-29H. The van der Waals surface area contributed by atoms with E-state index in [2.05, 4.69) is 144 Å². The normalized spacial score (nSPS) is 11.5. The Kier molecular flexibility index (Phi) is 6.74. The Morgan fingerprint density at radius 2 is 0.902 bits per heavy atom. The van der Waals surface area contributed by atoms with Gasteiger partial charge in [-0.15, -0.1) is 0 Å². The first kappa shape index (κ1) is 29.0. The van der Waals surface area contributed by atoms with Gasteiger partial charge in [0.15, 0.2) is 11.5 Å². The molecular weight excluding hydrogens is 623 g/mol. The van der Waals surface area contributed by atoms with Crippen LogP contribution in [-0.4, -0.2) is 24.3 Å². The summed E-state index contributed by atoms with van der Waals surface area (Å²) < 4.78 is 2.07. The number of para-hydroxylation sites is 1. The Hall–Kier alpha value is -6.98. The van der Waals surface area contributed by atoms with Gasteiger partial charge >= 0.3 is 0 Å². The lowest BCUT2D eigenvalue weighted by Crippen LogP contribution is -1.96. The van der Waals surface area contributed by atoms with E-state index in [0.29, 0.717) is 5.82 Å². The van der Waals surface area contributed by atoms with Crippen molar-refractivity contribution in [1.29, 1.82) is 0 Å². The zero-order valence-electron chi connectivity index (χ0n) is 27.5. The number of hydrogen-bond acceptors (Lipinski definition) is 4. The fourth-order valence-electron chi connectivity index (χ4n) is 7.14. The third-order valence-electron chi connectivity index (χ3n) is 9.60. The van der Waals surface area contributed by atoms with Crippen molar-refractivity contribution in [3.8, 4) is 56.2 Å². The minimum absolute atomic E-state index is 0.703. The summed E-state index contributed by atoms with van der Waals surface area (Å²) in [7, 11) is 0. The Morgan fingerprint density at radius 3 is 1.67 bits per heavy atom. The molecular formula is C46H29N5. The number of pyridine rings is 2. The third-order valence-corrected chi connectivity index (χ3v) is 9.60. The summed E-state index contributed by atoms with van der Waals surface area (Å²) in [5, 5.41) is 3.19. The van der Waals surface area contributed by atoms with Crippen LogP contribution in [0.15, 0.2) is 176 Å². The minimum atomic E-state index is 0.703. The van der Waals surface area contributed by atoms with Crippen molar-refractivity contribution in [3.05, 3.63) is 176 Å². The van der Waals surface area contributed by atoms with Crippen LogP contribution < -0.4 is 0 Å². The third kappa shape index (κ3) is 5.03. The zero-order chi connectivity index (χ0) is 33.7. The SMILES string of the molecule is c1ccc(-c2cccc(-c3nc(-c4cccc(-c5cccc(-c6nc7c(nc8ccccn87)c7ccccc67)c5)c4)c4ccccc4n3)c2)cc1. The molecule has 0 saturated carbocycles. The smallest absolute Gasteiger partial charge is 0.165 e. The Bertz CT molecular complexity index is 2930. The van der Waals surface area contributed by atoms with E-state index in [-0.39, 0.29) is 0 Å². The predicted octanol–water partition coefficient (Wildman–Crippen LogP) is 11.3. The highest BCUT2D eigenvalue weighted by atomic mass is 15.1. The molecule has 10 rings (SSSR count). The van der Waals surface area contributed by atoms with Crippen molar-refractivity contribution in [2.75, 3.05) is 0 Å². The van der Waals surface area contributed by atoms with Gasteiger partial charge in [0.1, 0.15) is 11.2 Å². The molecule has 5 heteroatoms. The van der Waals surface area contributed by atoms with Gasteiger partial charge in [0.05, 0.1) is 16.9 Å². The highest BCUT2D eigenvalue weighted by Gasteiger charge is 2.17. The molecule has 6 aromatic carbocycles. The molecule has 0 spiro atoms. The molecule has 0 aliphatic heterocycles. The summed E-state index contributed by atoms with van der Waals surface area (Å²) in [4.78, 5) is 20.4. The maximum atomic E-state index is 5.24. The molecule has 0 unspecified atom stereocenters. The summed E-state index contributed by atoms with van der Waals surface area (Å²) in [5.74, 6) is 0.703. The first-order valence-electron chi connectivity index (χ1n) is 17.1. The number of fused-ring (bicyclic) bond motifs is 6. The molecule has 10 aromatic rings. The van der Waals surface area contributed by atoms with E-state index in [1.807, 2.05) is 36.5 Å². The van der Waals surface area contributed by atoms with Crippen LogP contribution in [0.3, 0.4) is 0 Å². The molecule has 0 fully saturated rings. The molecule has 0 atom stereocenters. The van der Waals surface area contributed by atoms with E-state index < -0.39 is 0 Å². The lowest BCUT2D eigenvalue weighted by atomic mass is 9.96. The molecule has 0 saturated heterocycles. The van der Waals surface area contributed by atoms with Gasteiger partial charge in [-0.3, -0.25) is 4.40 Å². The second-order valence-corrected chi connectivity index (χ2v) is 12.7. The topological polar surface area (TPSA) is 56.0 Å². The van der Waals surface area contributed by atoms with E-state index in [0.717, 1.165) is 88.8 Å². The monoisotopic (exact) mass is 651 g/mol. The molecule has 0 aliphatic rings. The highest BCUT2D eigenvalue weighted by Crippen LogP contribution is 2.36. The van der Waals surface area contributed by atoms with Crippen LogP contribution in [0, 0.1) is 0 Å². The first-order valence-corrected chi connectivity index (χ1v) is 17.1. The highest BCUT2D eigenvalue weighted by molar-refractivity contribution is 6.09. The summed E-state index contributed by atoms with van der Waals surface area (Å²) >= 11 is 0. The first-order chi connectivity index (χ1) is 25.3. The van der Waals surface area contributed by atoms with Crippen molar-refractivity contribution >= 4 is 38.5 Å². The number of hydrogen-bond donors (Lipinski definition) is 0. The van der Waals surface area contributed by atoms with Gasteiger partial charge in [-0.1, -0.05) is 133 Å². The minimum Gasteiger partial charge on any atom is -0.284 e. The molecule has 4 heterocycles. The summed E-state index contributed by atoms with van der Waals surface area (Å²) in [6.45, 7) is 0. The number of rotatable bonds is 5. The number of benzene rings is 6. The van der Waals surface area contributed by atoms with Crippen LogP contribution in [0.4, 0.5) is 0 Å². The number of nitrogens with zero attached hydrogens (tertiary/aromatic N) is 5. The van der Waals surface area contributed by atoms with Gasteiger partial charge in [-0.25, -0.2) is 19.9 Å². The molecule has 51 heavy (non-hydrogen) atoms. The maximum Gasteiger partial charge on any atom is 0.165 e. The maximum absolute atomic E-state index is 5.24. The van der Waals surface area contributed by atoms with E-state index in [1.165, 1.54) is 0 Å². The average molecular weight is 652 g/mol. The molecule has 0 aliphatic carbocycles. The summed E-state index contributed by atoms with van der Waals surface area (Å²) in [5.41, 5.74) is 13.0. The van der Waals surface area contributed by atoms with Crippen LogP contribution in [0.5, 0.6) is 0 Å². The molecule has 4 aromatic heterocycles. The predicted molar refractivity (Wildman–Crippen MR) is 208 cm³/mol. The van der Waals surface area contributed by atoms with Crippen molar-refractivity contribution in [2.45, 2.75) is 0 Å². The van der Waals surface area contributed by atoms with Crippen LogP contribution in [-0.2, 0) is 0 Å². The molecule has 0 radical (unpaired) electrons. The summed E-state index contributed by atoms with van der Waals surface area (Å²) in [6, 6.07) is 58.9. The van der Waals surface area contributed by atoms with E-state index >= 15 is 0 Å². The van der Waals surface area contributed by atoms with Crippen molar-refractivity contribution in [3.63, 3.8) is 0 Å². The second kappa shape index (κ2) is 11.9. The van der Waals surface area contributed by atoms with Crippen LogP contribution in [0.2, 0.25) is 0 Å². The van der Waals surface area contributed by atoms with E-state index in [1.54, 1.807) is 0 Å². The van der Waals surface area contributed by atoms with Gasteiger partial charge in [0.25, 0.3) is 0 Å². The lowest BCUT2D eigenvalue weighted by Gasteiger charge is -2.12. The molecule has 0 amide bonds. The Morgan fingerprint density at radius 1 is 0.353 bits per heavy atom. The van der Waals surface area contributed by atoms with Crippen LogP contribution in [0.25, 0.3) is 94.6 Å². The molecule has 238 valence electrons. The number of imidazole rings is 1. The molecule has 0 N–H and O–H groups in total. The number of aromatic nitrogens is 5. The van der Waals surface area contributed by atoms with Crippen LogP contribution in [0.1, 0.15) is 0 Å². The van der Waals surface area contributed by atoms with Crippen molar-refractivity contribution < 1.29 is 0 Å². The zero-order valence-corrected chi connectivity index (χ0v) is 27.5. The fraction of sp³-hybridized carbons (Fsp3) is 0. The second-order valence-electron chi connectivity index (χ2n) is 12.7. The lowest BCUT2D eigenvalue weighted by molar-refractivity contribution is 1.19. The van der Waals surface area contributed by atoms with Gasteiger partial charge in [0.2, 0.25) is 0 Å². The fourth-order valence-corrected chi connectivity index (χ4v) is 7.14. The largest absolute Gasteiger partial charge is 0.284 e. The average Bonchev–Trinajstić information content (AvgIpc) is 3.59. The molecule has 5 nitrogen and oxygen atoms in total. The Balaban J connectivity index is 1.09. The van der Waals surface area contributed by atoms with Gasteiger partial charge in [-0.05, 0) is 58.7 Å². The van der Waals surface area contributed by atoms with E-state index in [9.17, 15) is 0 Å². The van der Waals surface area contributed by atoms with Crippen molar-refractivity contribution in [2.24, 2.45) is 0 Å². The Labute approximate surface area is 294 Å². The van der Waals surface area contributed by atoms with Crippen LogP contribution >= 0.6 is 0 Å². The van der Waals surface area contributed by atoms with E-state index in [4.69, 9.17) is 19.9 Å². The van der Waals surface area contributed by atoms with Gasteiger partial charge in [0, 0.05) is 39.0 Å².